The molecular weight excluding hydrogens is 241 g/mol. The lowest BCUT2D eigenvalue weighted by Gasteiger charge is -2.14. The summed E-state index contributed by atoms with van der Waals surface area (Å²) < 4.78 is 38.9. The molecule has 0 bridgehead atoms. The molecule has 0 saturated carbocycles. The first-order chi connectivity index (χ1) is 7.99. The van der Waals surface area contributed by atoms with Crippen LogP contribution in [0.15, 0.2) is 29.2 Å². The maximum absolute atomic E-state index is 12.7. The van der Waals surface area contributed by atoms with Crippen LogP contribution in [0, 0.1) is 18.2 Å². The molecule has 0 heterocycles. The molecule has 0 fully saturated rings. The van der Waals surface area contributed by atoms with Crippen molar-refractivity contribution >= 4 is 10.0 Å². The Morgan fingerprint density at radius 3 is 2.47 bits per heavy atom. The molecule has 3 nitrogen and oxygen atoms in total. The average molecular weight is 255 g/mol. The van der Waals surface area contributed by atoms with Crippen LogP contribution in [-0.4, -0.2) is 14.5 Å². The molecule has 1 unspecified atom stereocenters. The van der Waals surface area contributed by atoms with Crippen LogP contribution in [0.25, 0.3) is 0 Å². The third-order valence-corrected chi connectivity index (χ3v) is 3.84. The van der Waals surface area contributed by atoms with E-state index in [0.717, 1.165) is 12.1 Å². The molecule has 0 aliphatic carbocycles. The van der Waals surface area contributed by atoms with Crippen molar-refractivity contribution in [1.29, 1.82) is 0 Å². The third kappa shape index (κ3) is 3.84. The molecule has 0 spiro atoms. The lowest BCUT2D eigenvalue weighted by atomic mass is 10.2. The summed E-state index contributed by atoms with van der Waals surface area (Å²) in [5.74, 6) is 1.94. The second-order valence-corrected chi connectivity index (χ2v) is 5.30. The van der Waals surface area contributed by atoms with Gasteiger partial charge in [-0.2, -0.15) is 0 Å². The zero-order valence-electron chi connectivity index (χ0n) is 9.48. The van der Waals surface area contributed by atoms with Crippen LogP contribution in [0.4, 0.5) is 4.39 Å². The number of hydrogen-bond acceptors (Lipinski definition) is 2. The van der Waals surface area contributed by atoms with Gasteiger partial charge in [-0.05, 0) is 30.7 Å². The van der Waals surface area contributed by atoms with E-state index in [4.69, 9.17) is 6.42 Å². The molecule has 0 aliphatic heterocycles. The SMILES string of the molecule is C#CCC(CC)NS(=O)(=O)c1ccc(F)cc1. The van der Waals surface area contributed by atoms with Gasteiger partial charge in [-0.1, -0.05) is 6.92 Å². The number of nitrogens with one attached hydrogen (secondary N) is 1. The topological polar surface area (TPSA) is 46.2 Å². The van der Waals surface area contributed by atoms with Gasteiger partial charge in [0.05, 0.1) is 4.90 Å². The van der Waals surface area contributed by atoms with Crippen LogP contribution in [0.1, 0.15) is 19.8 Å². The van der Waals surface area contributed by atoms with Crippen LogP contribution in [0.3, 0.4) is 0 Å². The molecule has 5 heteroatoms. The van der Waals surface area contributed by atoms with Gasteiger partial charge in [-0.3, -0.25) is 0 Å². The predicted octanol–water partition coefficient (Wildman–Crippen LogP) is 1.91. The number of rotatable bonds is 5. The van der Waals surface area contributed by atoms with Gasteiger partial charge in [-0.25, -0.2) is 17.5 Å². The van der Waals surface area contributed by atoms with Crippen LogP contribution < -0.4 is 4.72 Å². The van der Waals surface area contributed by atoms with Crippen molar-refractivity contribution in [3.05, 3.63) is 30.1 Å². The fourth-order valence-corrected chi connectivity index (χ4v) is 2.63. The van der Waals surface area contributed by atoms with Crippen LogP contribution in [0.5, 0.6) is 0 Å². The van der Waals surface area contributed by atoms with E-state index in [-0.39, 0.29) is 10.9 Å². The van der Waals surface area contributed by atoms with Crippen molar-refractivity contribution in [3.8, 4) is 12.3 Å². The molecule has 1 aromatic carbocycles. The van der Waals surface area contributed by atoms with E-state index < -0.39 is 15.8 Å². The fraction of sp³-hybridized carbons (Fsp3) is 0.333. The van der Waals surface area contributed by atoms with E-state index in [1.54, 1.807) is 0 Å². The summed E-state index contributed by atoms with van der Waals surface area (Å²) in [7, 11) is -3.62. The number of benzene rings is 1. The molecule has 1 rings (SSSR count). The Kier molecular flexibility index (Phi) is 4.67. The van der Waals surface area contributed by atoms with Crippen LogP contribution in [-0.2, 0) is 10.0 Å². The molecule has 1 N–H and O–H groups in total. The highest BCUT2D eigenvalue weighted by atomic mass is 32.2. The standard InChI is InChI=1S/C12H14FNO2S/c1-3-5-11(4-2)14-17(15,16)12-8-6-10(13)7-9-12/h1,6-9,11,14H,4-5H2,2H3. The minimum Gasteiger partial charge on any atom is -0.207 e. The highest BCUT2D eigenvalue weighted by Crippen LogP contribution is 2.11. The number of sulfonamides is 1. The van der Waals surface area contributed by atoms with E-state index in [9.17, 15) is 12.8 Å². The van der Waals surface area contributed by atoms with Gasteiger partial charge in [0.1, 0.15) is 5.82 Å². The summed E-state index contributed by atoms with van der Waals surface area (Å²) in [5, 5.41) is 0. The summed E-state index contributed by atoms with van der Waals surface area (Å²) in [6, 6.07) is 4.36. The molecule has 0 saturated heterocycles. The second-order valence-electron chi connectivity index (χ2n) is 3.59. The molecule has 17 heavy (non-hydrogen) atoms. The van der Waals surface area contributed by atoms with Gasteiger partial charge in [-0.15, -0.1) is 12.3 Å². The van der Waals surface area contributed by atoms with Gasteiger partial charge in [0.25, 0.3) is 0 Å². The highest BCUT2D eigenvalue weighted by Gasteiger charge is 2.18. The number of halogens is 1. The Morgan fingerprint density at radius 2 is 2.00 bits per heavy atom. The normalized spacial score (nSPS) is 13.0. The van der Waals surface area contributed by atoms with Crippen molar-refractivity contribution < 1.29 is 12.8 Å². The van der Waals surface area contributed by atoms with Crippen molar-refractivity contribution in [2.75, 3.05) is 0 Å². The summed E-state index contributed by atoms with van der Waals surface area (Å²) in [4.78, 5) is 0.0365. The Morgan fingerprint density at radius 1 is 1.41 bits per heavy atom. The lowest BCUT2D eigenvalue weighted by molar-refractivity contribution is 0.543. The molecule has 0 aliphatic rings. The first-order valence-corrected chi connectivity index (χ1v) is 6.69. The Labute approximate surface area is 101 Å². The van der Waals surface area contributed by atoms with Gasteiger partial charge < -0.3 is 0 Å². The number of hydrogen-bond donors (Lipinski definition) is 1. The monoisotopic (exact) mass is 255 g/mol. The first-order valence-electron chi connectivity index (χ1n) is 5.21. The summed E-state index contributed by atoms with van der Waals surface area (Å²) >= 11 is 0. The van der Waals surface area contributed by atoms with Crippen LogP contribution >= 0.6 is 0 Å². The minimum atomic E-state index is -3.62. The Balaban J connectivity index is 2.89. The number of terminal acetylenes is 1. The molecule has 92 valence electrons. The molecular formula is C12H14FNO2S. The summed E-state index contributed by atoms with van der Waals surface area (Å²) in [6.45, 7) is 1.84. The zero-order chi connectivity index (χ0) is 12.9. The minimum absolute atomic E-state index is 0.0365. The van der Waals surface area contributed by atoms with E-state index in [1.165, 1.54) is 12.1 Å². The van der Waals surface area contributed by atoms with E-state index in [2.05, 4.69) is 10.6 Å². The zero-order valence-corrected chi connectivity index (χ0v) is 10.3. The van der Waals surface area contributed by atoms with E-state index in [0.29, 0.717) is 12.8 Å². The maximum Gasteiger partial charge on any atom is 0.240 e. The summed E-state index contributed by atoms with van der Waals surface area (Å²) in [6.07, 6.45) is 6.08. The summed E-state index contributed by atoms with van der Waals surface area (Å²) in [5.41, 5.74) is 0. The molecule has 0 radical (unpaired) electrons. The van der Waals surface area contributed by atoms with Gasteiger partial charge in [0, 0.05) is 12.5 Å². The molecule has 1 atom stereocenters. The van der Waals surface area contributed by atoms with Gasteiger partial charge in [0.2, 0.25) is 10.0 Å². The largest absolute Gasteiger partial charge is 0.240 e. The molecule has 1 aromatic rings. The first kappa shape index (κ1) is 13.7. The highest BCUT2D eigenvalue weighted by molar-refractivity contribution is 7.89. The predicted molar refractivity (Wildman–Crippen MR) is 64.3 cm³/mol. The van der Waals surface area contributed by atoms with Crippen molar-refractivity contribution in [2.24, 2.45) is 0 Å². The quantitative estimate of drug-likeness (QED) is 0.817. The third-order valence-electron chi connectivity index (χ3n) is 2.30. The Hall–Kier alpha value is -1.38. The Bertz CT molecular complexity index is 502. The van der Waals surface area contributed by atoms with E-state index in [1.807, 2.05) is 6.92 Å². The van der Waals surface area contributed by atoms with Crippen LogP contribution in [0.2, 0.25) is 0 Å². The van der Waals surface area contributed by atoms with Crippen molar-refractivity contribution in [2.45, 2.75) is 30.7 Å². The molecule has 0 aromatic heterocycles. The lowest BCUT2D eigenvalue weighted by Crippen LogP contribution is -2.34. The average Bonchev–Trinajstić information content (AvgIpc) is 2.28. The smallest absolute Gasteiger partial charge is 0.207 e. The maximum atomic E-state index is 12.7. The van der Waals surface area contributed by atoms with Crippen molar-refractivity contribution in [3.63, 3.8) is 0 Å². The molecule has 0 amide bonds. The fourth-order valence-electron chi connectivity index (χ4n) is 1.31. The van der Waals surface area contributed by atoms with Gasteiger partial charge in [0.15, 0.2) is 0 Å². The second kappa shape index (κ2) is 5.80. The van der Waals surface area contributed by atoms with E-state index >= 15 is 0 Å². The van der Waals surface area contributed by atoms with Crippen molar-refractivity contribution in [1.82, 2.24) is 4.72 Å². The van der Waals surface area contributed by atoms with Gasteiger partial charge >= 0.3 is 0 Å².